The first-order chi connectivity index (χ1) is 5.20. The third kappa shape index (κ3) is 0.859. The van der Waals surface area contributed by atoms with E-state index < -0.39 is 0 Å². The van der Waals surface area contributed by atoms with Crippen LogP contribution in [0.1, 0.15) is 30.3 Å². The second-order valence-electron chi connectivity index (χ2n) is 3.08. The number of aryl methyl sites for hydroxylation is 1. The van der Waals surface area contributed by atoms with Gasteiger partial charge in [0.15, 0.2) is 0 Å². The lowest BCUT2D eigenvalue weighted by molar-refractivity contribution is 0.853. The van der Waals surface area contributed by atoms with Gasteiger partial charge in [-0.2, -0.15) is 0 Å². The molecule has 4 heteroatoms. The molecular formula is C7H12N4. The van der Waals surface area contributed by atoms with Crippen molar-refractivity contribution in [2.24, 2.45) is 0 Å². The summed E-state index contributed by atoms with van der Waals surface area (Å²) < 4.78 is 1.51. The lowest BCUT2D eigenvalue weighted by atomic mass is 10.4. The van der Waals surface area contributed by atoms with Gasteiger partial charge in [-0.1, -0.05) is 0 Å². The number of hydrogen-bond donors (Lipinski definition) is 2. The molecule has 1 aromatic rings. The Labute approximate surface area is 65.2 Å². The Morgan fingerprint density at radius 2 is 2.18 bits per heavy atom. The number of nitrogens with two attached hydrogens (primary N) is 2. The van der Waals surface area contributed by atoms with Crippen LogP contribution in [0.5, 0.6) is 0 Å². The van der Waals surface area contributed by atoms with Crippen LogP contribution in [0.3, 0.4) is 0 Å². The van der Waals surface area contributed by atoms with Crippen LogP contribution in [0, 0.1) is 6.92 Å². The molecule has 0 atom stereocenters. The molecule has 0 amide bonds. The molecule has 1 saturated carbocycles. The molecule has 60 valence electrons. The van der Waals surface area contributed by atoms with Crippen LogP contribution in [-0.4, -0.2) is 9.66 Å². The first kappa shape index (κ1) is 6.52. The Morgan fingerprint density at radius 1 is 1.55 bits per heavy atom. The molecule has 0 bridgehead atoms. The molecular weight excluding hydrogens is 140 g/mol. The molecule has 2 rings (SSSR count). The second-order valence-corrected chi connectivity index (χ2v) is 3.08. The van der Waals surface area contributed by atoms with E-state index in [1.165, 1.54) is 17.5 Å². The summed E-state index contributed by atoms with van der Waals surface area (Å²) in [5, 5.41) is 0. The summed E-state index contributed by atoms with van der Waals surface area (Å²) in [7, 11) is 0. The predicted octanol–water partition coefficient (Wildman–Crippen LogP) is 0.365. The van der Waals surface area contributed by atoms with Crippen LogP contribution in [0.15, 0.2) is 0 Å². The van der Waals surface area contributed by atoms with Crippen LogP contribution < -0.4 is 11.6 Å². The van der Waals surface area contributed by atoms with E-state index in [1.807, 2.05) is 6.92 Å². The van der Waals surface area contributed by atoms with E-state index >= 15 is 0 Å². The molecule has 4 nitrogen and oxygen atoms in total. The Hall–Kier alpha value is -1.19. The van der Waals surface area contributed by atoms with E-state index in [1.54, 1.807) is 0 Å². The van der Waals surface area contributed by atoms with Crippen LogP contribution in [-0.2, 0) is 0 Å². The number of nitrogens with zero attached hydrogens (tertiary/aromatic N) is 2. The SMILES string of the molecule is Cc1nc(C2CC2)n(N)c1N. The van der Waals surface area contributed by atoms with Gasteiger partial charge in [-0.25, -0.2) is 9.66 Å². The standard InChI is InChI=1S/C7H12N4/c1-4-6(8)11(9)7(10-4)5-2-3-5/h5H,2-3,8-9H2,1H3. The molecule has 1 fully saturated rings. The van der Waals surface area contributed by atoms with Crippen LogP contribution in [0.25, 0.3) is 0 Å². The molecule has 1 aliphatic rings. The van der Waals surface area contributed by atoms with E-state index in [2.05, 4.69) is 4.98 Å². The topological polar surface area (TPSA) is 69.9 Å². The highest BCUT2D eigenvalue weighted by atomic mass is 15.4. The number of nitrogen functional groups attached to an aromatic ring is 2. The molecule has 0 aromatic carbocycles. The minimum absolute atomic E-state index is 0.566. The van der Waals surface area contributed by atoms with Gasteiger partial charge in [-0.05, 0) is 19.8 Å². The summed E-state index contributed by atoms with van der Waals surface area (Å²) in [4.78, 5) is 4.28. The molecule has 1 aliphatic carbocycles. The minimum Gasteiger partial charge on any atom is -0.382 e. The fraction of sp³-hybridized carbons (Fsp3) is 0.571. The zero-order chi connectivity index (χ0) is 8.01. The fourth-order valence-electron chi connectivity index (χ4n) is 1.21. The number of rotatable bonds is 1. The highest BCUT2D eigenvalue weighted by molar-refractivity contribution is 5.38. The van der Waals surface area contributed by atoms with Gasteiger partial charge in [0.05, 0.1) is 5.69 Å². The molecule has 1 heterocycles. The number of anilines is 1. The maximum Gasteiger partial charge on any atom is 0.145 e. The van der Waals surface area contributed by atoms with Crippen molar-refractivity contribution >= 4 is 5.82 Å². The Kier molecular flexibility index (Phi) is 1.13. The predicted molar refractivity (Wildman–Crippen MR) is 43.5 cm³/mol. The largest absolute Gasteiger partial charge is 0.382 e. The first-order valence-electron chi connectivity index (χ1n) is 3.80. The van der Waals surface area contributed by atoms with E-state index in [9.17, 15) is 0 Å². The summed E-state index contributed by atoms with van der Waals surface area (Å²) in [5.74, 6) is 7.77. The normalized spacial score (nSPS) is 17.2. The molecule has 0 radical (unpaired) electrons. The number of aromatic nitrogens is 2. The lowest BCUT2D eigenvalue weighted by Crippen LogP contribution is -2.14. The van der Waals surface area contributed by atoms with E-state index in [4.69, 9.17) is 11.6 Å². The van der Waals surface area contributed by atoms with Gasteiger partial charge in [0.2, 0.25) is 0 Å². The van der Waals surface area contributed by atoms with Gasteiger partial charge in [0.25, 0.3) is 0 Å². The molecule has 1 aromatic heterocycles. The average molecular weight is 152 g/mol. The monoisotopic (exact) mass is 152 g/mol. The summed E-state index contributed by atoms with van der Waals surface area (Å²) in [6.07, 6.45) is 2.40. The Bertz CT molecular complexity index is 285. The second kappa shape index (κ2) is 1.90. The lowest BCUT2D eigenvalue weighted by Gasteiger charge is -1.98. The fourth-order valence-corrected chi connectivity index (χ4v) is 1.21. The maximum absolute atomic E-state index is 5.67. The average Bonchev–Trinajstić information content (AvgIpc) is 2.76. The van der Waals surface area contributed by atoms with E-state index in [0.717, 1.165) is 11.5 Å². The highest BCUT2D eigenvalue weighted by Gasteiger charge is 2.29. The van der Waals surface area contributed by atoms with Crippen molar-refractivity contribution in [2.45, 2.75) is 25.7 Å². The summed E-state index contributed by atoms with van der Waals surface area (Å²) in [6.45, 7) is 1.88. The van der Waals surface area contributed by atoms with Gasteiger partial charge in [-0.15, -0.1) is 0 Å². The summed E-state index contributed by atoms with van der Waals surface area (Å²) in [5.41, 5.74) is 6.49. The molecule has 0 spiro atoms. The Morgan fingerprint density at radius 3 is 2.55 bits per heavy atom. The molecule has 0 aliphatic heterocycles. The zero-order valence-electron chi connectivity index (χ0n) is 6.54. The number of imidazole rings is 1. The molecule has 4 N–H and O–H groups in total. The third-order valence-corrected chi connectivity index (χ3v) is 2.10. The van der Waals surface area contributed by atoms with Gasteiger partial charge in [0.1, 0.15) is 11.6 Å². The van der Waals surface area contributed by atoms with Gasteiger partial charge in [0, 0.05) is 5.92 Å². The summed E-state index contributed by atoms with van der Waals surface area (Å²) in [6, 6.07) is 0. The highest BCUT2D eigenvalue weighted by Crippen LogP contribution is 2.39. The van der Waals surface area contributed by atoms with Crippen molar-refractivity contribution in [3.8, 4) is 0 Å². The maximum atomic E-state index is 5.67. The first-order valence-corrected chi connectivity index (χ1v) is 3.80. The van der Waals surface area contributed by atoms with Crippen LogP contribution >= 0.6 is 0 Å². The van der Waals surface area contributed by atoms with E-state index in [-0.39, 0.29) is 0 Å². The van der Waals surface area contributed by atoms with Crippen molar-refractivity contribution in [3.63, 3.8) is 0 Å². The van der Waals surface area contributed by atoms with Gasteiger partial charge in [-0.3, -0.25) is 0 Å². The molecule has 11 heavy (non-hydrogen) atoms. The van der Waals surface area contributed by atoms with Crippen molar-refractivity contribution in [1.82, 2.24) is 9.66 Å². The summed E-state index contributed by atoms with van der Waals surface area (Å²) >= 11 is 0. The Balaban J connectivity index is 2.46. The third-order valence-electron chi connectivity index (χ3n) is 2.10. The zero-order valence-corrected chi connectivity index (χ0v) is 6.54. The smallest absolute Gasteiger partial charge is 0.145 e. The quantitative estimate of drug-likeness (QED) is 0.571. The van der Waals surface area contributed by atoms with Crippen molar-refractivity contribution in [3.05, 3.63) is 11.5 Å². The van der Waals surface area contributed by atoms with Gasteiger partial charge < -0.3 is 11.6 Å². The van der Waals surface area contributed by atoms with Gasteiger partial charge >= 0.3 is 0 Å². The van der Waals surface area contributed by atoms with Crippen LogP contribution in [0.4, 0.5) is 5.82 Å². The molecule has 0 unspecified atom stereocenters. The van der Waals surface area contributed by atoms with Crippen molar-refractivity contribution < 1.29 is 0 Å². The molecule has 0 saturated heterocycles. The van der Waals surface area contributed by atoms with E-state index in [0.29, 0.717) is 11.7 Å². The minimum atomic E-state index is 0.566. The van der Waals surface area contributed by atoms with Crippen LogP contribution in [0.2, 0.25) is 0 Å². The van der Waals surface area contributed by atoms with Crippen molar-refractivity contribution in [2.75, 3.05) is 11.6 Å². The number of hydrogen-bond acceptors (Lipinski definition) is 3. The van der Waals surface area contributed by atoms with Crippen molar-refractivity contribution in [1.29, 1.82) is 0 Å².